The Hall–Kier alpha value is -2.81. The smallest absolute Gasteiger partial charge is 0.255 e. The Morgan fingerprint density at radius 2 is 1.50 bits per heavy atom. The first-order chi connectivity index (χ1) is 9.83. The third kappa shape index (κ3) is 2.62. The molecule has 0 atom stereocenters. The van der Waals surface area contributed by atoms with Crippen LogP contribution in [0.1, 0.15) is 10.4 Å². The fraction of sp³-hybridized carbons (Fsp3) is 0. The van der Waals surface area contributed by atoms with Gasteiger partial charge in [0.15, 0.2) is 0 Å². The molecule has 0 unspecified atom stereocenters. The lowest BCUT2D eigenvalue weighted by molar-refractivity contribution is 0.102. The van der Waals surface area contributed by atoms with Gasteiger partial charge in [0.25, 0.3) is 5.91 Å². The molecule has 1 N–H and O–H groups in total. The summed E-state index contributed by atoms with van der Waals surface area (Å²) < 4.78 is 1.97. The first-order valence-corrected chi connectivity index (χ1v) is 6.43. The summed E-state index contributed by atoms with van der Waals surface area (Å²) in [6.07, 6.45) is 3.83. The third-order valence-electron chi connectivity index (χ3n) is 3.04. The Morgan fingerprint density at radius 1 is 0.850 bits per heavy atom. The lowest BCUT2D eigenvalue weighted by Crippen LogP contribution is -2.10. The standard InChI is InChI=1S/C17H14N2O/c20-17(14-7-3-1-4-8-14)18-15-11-12-19(13-15)16-9-5-2-6-10-16/h1-13H,(H,18,20). The first-order valence-electron chi connectivity index (χ1n) is 6.43. The maximum Gasteiger partial charge on any atom is 0.255 e. The van der Waals surface area contributed by atoms with Crippen molar-refractivity contribution in [3.63, 3.8) is 0 Å². The number of hydrogen-bond acceptors (Lipinski definition) is 1. The van der Waals surface area contributed by atoms with Gasteiger partial charge in [-0.1, -0.05) is 36.4 Å². The molecular weight excluding hydrogens is 248 g/mol. The fourth-order valence-electron chi connectivity index (χ4n) is 2.02. The molecule has 0 saturated heterocycles. The number of carbonyl (C=O) groups excluding carboxylic acids is 1. The van der Waals surface area contributed by atoms with Crippen molar-refractivity contribution in [2.24, 2.45) is 0 Å². The molecular formula is C17H14N2O. The highest BCUT2D eigenvalue weighted by Gasteiger charge is 2.06. The Balaban J connectivity index is 1.77. The van der Waals surface area contributed by atoms with E-state index in [4.69, 9.17) is 0 Å². The van der Waals surface area contributed by atoms with Crippen molar-refractivity contribution in [1.29, 1.82) is 0 Å². The van der Waals surface area contributed by atoms with E-state index in [1.54, 1.807) is 12.1 Å². The van der Waals surface area contributed by atoms with E-state index in [0.29, 0.717) is 5.56 Å². The molecule has 1 heterocycles. The van der Waals surface area contributed by atoms with Crippen LogP contribution in [0.2, 0.25) is 0 Å². The van der Waals surface area contributed by atoms with Crippen molar-refractivity contribution in [2.45, 2.75) is 0 Å². The number of hydrogen-bond donors (Lipinski definition) is 1. The number of nitrogens with zero attached hydrogens (tertiary/aromatic N) is 1. The molecule has 3 rings (SSSR count). The molecule has 3 heteroatoms. The molecule has 2 aromatic carbocycles. The Bertz CT molecular complexity index is 702. The van der Waals surface area contributed by atoms with Gasteiger partial charge in [0, 0.05) is 23.6 Å². The maximum absolute atomic E-state index is 12.0. The SMILES string of the molecule is O=C(Nc1ccn(-c2ccccc2)c1)c1ccccc1. The van der Waals surface area contributed by atoms with E-state index in [1.165, 1.54) is 0 Å². The Morgan fingerprint density at radius 3 is 2.20 bits per heavy atom. The molecule has 0 aliphatic rings. The second-order valence-electron chi connectivity index (χ2n) is 4.46. The molecule has 0 fully saturated rings. The summed E-state index contributed by atoms with van der Waals surface area (Å²) in [5.74, 6) is -0.101. The van der Waals surface area contributed by atoms with Crippen LogP contribution in [0, 0.1) is 0 Å². The molecule has 0 radical (unpaired) electrons. The largest absolute Gasteiger partial charge is 0.322 e. The molecule has 0 bridgehead atoms. The summed E-state index contributed by atoms with van der Waals surface area (Å²) in [4.78, 5) is 12.0. The van der Waals surface area contributed by atoms with Gasteiger partial charge in [0.2, 0.25) is 0 Å². The van der Waals surface area contributed by atoms with Gasteiger partial charge in [-0.25, -0.2) is 0 Å². The second-order valence-corrected chi connectivity index (χ2v) is 4.46. The highest BCUT2D eigenvalue weighted by molar-refractivity contribution is 6.04. The molecule has 0 spiro atoms. The molecule has 3 nitrogen and oxygen atoms in total. The third-order valence-corrected chi connectivity index (χ3v) is 3.04. The number of rotatable bonds is 3. The summed E-state index contributed by atoms with van der Waals surface area (Å²) in [5.41, 5.74) is 2.50. The normalized spacial score (nSPS) is 10.2. The molecule has 1 aromatic heterocycles. The van der Waals surface area contributed by atoms with Gasteiger partial charge in [0.05, 0.1) is 5.69 Å². The Labute approximate surface area is 117 Å². The summed E-state index contributed by atoms with van der Waals surface area (Å²) in [5, 5.41) is 2.89. The number of anilines is 1. The van der Waals surface area contributed by atoms with Crippen LogP contribution in [0.4, 0.5) is 5.69 Å². The zero-order chi connectivity index (χ0) is 13.8. The van der Waals surface area contributed by atoms with Crippen LogP contribution >= 0.6 is 0 Å². The number of carbonyl (C=O) groups is 1. The molecule has 0 aliphatic heterocycles. The zero-order valence-electron chi connectivity index (χ0n) is 10.9. The molecule has 98 valence electrons. The summed E-state index contributed by atoms with van der Waals surface area (Å²) in [7, 11) is 0. The van der Waals surface area contributed by atoms with Crippen LogP contribution < -0.4 is 5.32 Å². The minimum Gasteiger partial charge on any atom is -0.322 e. The van der Waals surface area contributed by atoms with Crippen LogP contribution in [0.15, 0.2) is 79.1 Å². The highest BCUT2D eigenvalue weighted by Crippen LogP contribution is 2.15. The van der Waals surface area contributed by atoms with E-state index in [9.17, 15) is 4.79 Å². The van der Waals surface area contributed by atoms with Crippen LogP contribution in [-0.4, -0.2) is 10.5 Å². The van der Waals surface area contributed by atoms with Gasteiger partial charge >= 0.3 is 0 Å². The number of nitrogens with one attached hydrogen (secondary N) is 1. The van der Waals surface area contributed by atoms with Crippen molar-refractivity contribution in [2.75, 3.05) is 5.32 Å². The number of benzene rings is 2. The van der Waals surface area contributed by atoms with Gasteiger partial charge in [-0.3, -0.25) is 4.79 Å². The monoisotopic (exact) mass is 262 g/mol. The fourth-order valence-corrected chi connectivity index (χ4v) is 2.02. The molecule has 3 aromatic rings. The van der Waals surface area contributed by atoms with Gasteiger partial charge in [0.1, 0.15) is 0 Å². The van der Waals surface area contributed by atoms with Gasteiger partial charge in [-0.05, 0) is 30.3 Å². The number of para-hydroxylation sites is 1. The predicted octanol–water partition coefficient (Wildman–Crippen LogP) is 3.73. The number of aromatic nitrogens is 1. The van der Waals surface area contributed by atoms with Crippen LogP contribution in [0.3, 0.4) is 0 Å². The van der Waals surface area contributed by atoms with Crippen LogP contribution in [-0.2, 0) is 0 Å². The average Bonchev–Trinajstić information content (AvgIpc) is 2.97. The van der Waals surface area contributed by atoms with Gasteiger partial charge < -0.3 is 9.88 Å². The van der Waals surface area contributed by atoms with E-state index in [0.717, 1.165) is 11.4 Å². The van der Waals surface area contributed by atoms with Gasteiger partial charge in [-0.15, -0.1) is 0 Å². The molecule has 0 aliphatic carbocycles. The van der Waals surface area contributed by atoms with Crippen LogP contribution in [0.5, 0.6) is 0 Å². The van der Waals surface area contributed by atoms with Crippen molar-refractivity contribution in [3.8, 4) is 5.69 Å². The van der Waals surface area contributed by atoms with Crippen LogP contribution in [0.25, 0.3) is 5.69 Å². The highest BCUT2D eigenvalue weighted by atomic mass is 16.1. The molecule has 1 amide bonds. The first kappa shape index (κ1) is 12.2. The van der Waals surface area contributed by atoms with E-state index in [-0.39, 0.29) is 5.91 Å². The maximum atomic E-state index is 12.0. The van der Waals surface area contributed by atoms with Crippen molar-refractivity contribution in [3.05, 3.63) is 84.7 Å². The van der Waals surface area contributed by atoms with E-state index >= 15 is 0 Å². The molecule has 20 heavy (non-hydrogen) atoms. The average molecular weight is 262 g/mol. The van der Waals surface area contributed by atoms with E-state index in [2.05, 4.69) is 5.32 Å². The lowest BCUT2D eigenvalue weighted by Gasteiger charge is -2.03. The topological polar surface area (TPSA) is 34.0 Å². The molecule has 0 saturated carbocycles. The lowest BCUT2D eigenvalue weighted by atomic mass is 10.2. The predicted molar refractivity (Wildman–Crippen MR) is 80.2 cm³/mol. The summed E-state index contributed by atoms with van der Waals surface area (Å²) in [6, 6.07) is 21.0. The minimum atomic E-state index is -0.101. The van der Waals surface area contributed by atoms with Crippen molar-refractivity contribution in [1.82, 2.24) is 4.57 Å². The van der Waals surface area contributed by atoms with Crippen molar-refractivity contribution < 1.29 is 4.79 Å². The number of amides is 1. The summed E-state index contributed by atoms with van der Waals surface area (Å²) >= 11 is 0. The Kier molecular flexibility index (Phi) is 3.33. The van der Waals surface area contributed by atoms with E-state index in [1.807, 2.05) is 71.6 Å². The van der Waals surface area contributed by atoms with Gasteiger partial charge in [-0.2, -0.15) is 0 Å². The quantitative estimate of drug-likeness (QED) is 0.766. The summed E-state index contributed by atoms with van der Waals surface area (Å²) in [6.45, 7) is 0. The second kappa shape index (κ2) is 5.45. The zero-order valence-corrected chi connectivity index (χ0v) is 10.9. The minimum absolute atomic E-state index is 0.101. The van der Waals surface area contributed by atoms with E-state index < -0.39 is 0 Å². The van der Waals surface area contributed by atoms with Crippen molar-refractivity contribution >= 4 is 11.6 Å².